The number of nitrogens with one attached hydrogen (secondary N) is 1. The van der Waals surface area contributed by atoms with E-state index in [9.17, 15) is 41.0 Å². The first kappa shape index (κ1) is 30.1. The Hall–Kier alpha value is -4.35. The van der Waals surface area contributed by atoms with E-state index in [4.69, 9.17) is 5.73 Å². The molecule has 11 nitrogen and oxygen atoms in total. The molecule has 0 saturated carbocycles. The molecule has 0 aromatic carbocycles. The number of nitrogen functional groups attached to an aromatic ring is 1. The van der Waals surface area contributed by atoms with Gasteiger partial charge in [-0.15, -0.1) is 11.3 Å². The Morgan fingerprint density at radius 3 is 2.53 bits per heavy atom. The largest absolute Gasteiger partial charge is 0.481 e. The highest BCUT2D eigenvalue weighted by atomic mass is 32.1. The van der Waals surface area contributed by atoms with E-state index in [1.54, 1.807) is 5.38 Å². The molecular formula is C25H22F6N8O3S. The van der Waals surface area contributed by atoms with Crippen LogP contribution in [-0.2, 0) is 28.0 Å². The van der Waals surface area contributed by atoms with E-state index < -0.39 is 53.6 Å². The van der Waals surface area contributed by atoms with Crippen molar-refractivity contribution in [3.8, 4) is 11.5 Å². The Labute approximate surface area is 242 Å². The summed E-state index contributed by atoms with van der Waals surface area (Å²) in [6.07, 6.45) is -6.61. The highest BCUT2D eigenvalue weighted by molar-refractivity contribution is 7.10. The first-order valence-electron chi connectivity index (χ1n) is 12.5. The monoisotopic (exact) mass is 628 g/mol. The first-order chi connectivity index (χ1) is 19.8. The molecule has 18 heteroatoms. The summed E-state index contributed by atoms with van der Waals surface area (Å²) in [4.78, 5) is 41.6. The molecule has 1 aliphatic rings. The van der Waals surface area contributed by atoms with Crippen molar-refractivity contribution in [2.75, 3.05) is 11.1 Å². The molecule has 0 spiro atoms. The number of nitrogens with two attached hydrogens (primary N) is 1. The summed E-state index contributed by atoms with van der Waals surface area (Å²) in [5.41, 5.74) is 3.85. The summed E-state index contributed by atoms with van der Waals surface area (Å²) >= 11 is 1.11. The third kappa shape index (κ3) is 5.02. The van der Waals surface area contributed by atoms with Gasteiger partial charge in [0.2, 0.25) is 5.91 Å². The lowest BCUT2D eigenvalue weighted by molar-refractivity contribution is -0.285. The van der Waals surface area contributed by atoms with Gasteiger partial charge in [0, 0.05) is 24.8 Å². The molecule has 0 bridgehead atoms. The third-order valence-corrected chi connectivity index (χ3v) is 8.24. The molecule has 0 saturated heterocycles. The molecule has 4 aromatic rings. The van der Waals surface area contributed by atoms with Gasteiger partial charge in [-0.25, -0.2) is 29.0 Å². The third-order valence-electron chi connectivity index (χ3n) is 7.12. The number of fused-ring (bicyclic) bond motifs is 2. The fourth-order valence-electron chi connectivity index (χ4n) is 4.61. The van der Waals surface area contributed by atoms with Gasteiger partial charge < -0.3 is 16.2 Å². The second kappa shape index (κ2) is 9.85. The number of halogens is 6. The smallest absolute Gasteiger partial charge is 0.453 e. The number of rotatable bonds is 8. The van der Waals surface area contributed by atoms with Crippen molar-refractivity contribution in [3.05, 3.63) is 39.7 Å². The lowest BCUT2D eigenvalue weighted by atomic mass is 9.85. The number of nitrogens with zero attached hydrogens (tertiary/aromatic N) is 6. The van der Waals surface area contributed by atoms with Crippen LogP contribution in [0.15, 0.2) is 17.6 Å². The minimum Gasteiger partial charge on any atom is -0.481 e. The average molecular weight is 629 g/mol. The van der Waals surface area contributed by atoms with Crippen LogP contribution in [0.25, 0.3) is 22.6 Å². The van der Waals surface area contributed by atoms with Crippen molar-refractivity contribution < 1.29 is 41.0 Å². The molecule has 1 atom stereocenters. The van der Waals surface area contributed by atoms with Crippen LogP contribution in [0, 0.1) is 11.2 Å². The normalized spacial score (nSPS) is 17.4. The molecule has 1 aliphatic heterocycles. The van der Waals surface area contributed by atoms with Gasteiger partial charge in [-0.1, -0.05) is 0 Å². The second-order valence-corrected chi connectivity index (χ2v) is 11.7. The van der Waals surface area contributed by atoms with Crippen molar-refractivity contribution >= 4 is 45.9 Å². The number of aryl methyl sites for hydroxylation is 1. The topological polar surface area (TPSA) is 162 Å². The zero-order valence-corrected chi connectivity index (χ0v) is 23.4. The molecular weight excluding hydrogens is 606 g/mol. The number of hydrogen-bond donors (Lipinski definition) is 3. The SMILES string of the molecule is CC(C)(Cc1csc(C2(C)C(=O)Nc3nc(-c4nn(CCC(F)(F)C(F)(F)F)c5ncc(F)cc45)nc(N)c32)n1)C(=O)O. The van der Waals surface area contributed by atoms with Crippen molar-refractivity contribution in [3.63, 3.8) is 0 Å². The molecule has 1 unspecified atom stereocenters. The Kier molecular flexibility index (Phi) is 6.90. The molecule has 5 heterocycles. The number of pyridine rings is 1. The Bertz CT molecular complexity index is 1790. The quantitative estimate of drug-likeness (QED) is 0.238. The van der Waals surface area contributed by atoms with Gasteiger partial charge in [-0.3, -0.25) is 9.59 Å². The summed E-state index contributed by atoms with van der Waals surface area (Å²) in [5.74, 6) is -8.00. The summed E-state index contributed by atoms with van der Waals surface area (Å²) in [6, 6.07) is 0.939. The van der Waals surface area contributed by atoms with E-state index in [1.807, 2.05) is 0 Å². The number of aromatic nitrogens is 6. The van der Waals surface area contributed by atoms with Gasteiger partial charge >= 0.3 is 18.1 Å². The van der Waals surface area contributed by atoms with Crippen LogP contribution in [0.2, 0.25) is 0 Å². The summed E-state index contributed by atoms with van der Waals surface area (Å²) in [7, 11) is 0. The van der Waals surface area contributed by atoms with Gasteiger partial charge in [-0.05, 0) is 26.8 Å². The molecule has 0 fully saturated rings. The molecule has 1 amide bonds. The van der Waals surface area contributed by atoms with E-state index in [-0.39, 0.29) is 51.2 Å². The fourth-order valence-corrected chi connectivity index (χ4v) is 5.59. The summed E-state index contributed by atoms with van der Waals surface area (Å²) in [6.45, 7) is 3.68. The summed E-state index contributed by atoms with van der Waals surface area (Å²) in [5, 5.41) is 17.9. The zero-order valence-electron chi connectivity index (χ0n) is 22.6. The van der Waals surface area contributed by atoms with E-state index in [0.29, 0.717) is 5.69 Å². The summed E-state index contributed by atoms with van der Waals surface area (Å²) < 4.78 is 80.3. The van der Waals surface area contributed by atoms with Crippen molar-refractivity contribution in [2.24, 2.45) is 5.41 Å². The van der Waals surface area contributed by atoms with Crippen molar-refractivity contribution in [1.29, 1.82) is 0 Å². The Morgan fingerprint density at radius 1 is 1.19 bits per heavy atom. The molecule has 4 N–H and O–H groups in total. The van der Waals surface area contributed by atoms with Crippen LogP contribution in [-0.4, -0.2) is 58.8 Å². The van der Waals surface area contributed by atoms with Crippen LogP contribution >= 0.6 is 11.3 Å². The molecule has 0 aliphatic carbocycles. The molecule has 5 rings (SSSR count). The van der Waals surface area contributed by atoms with Crippen LogP contribution in [0.5, 0.6) is 0 Å². The van der Waals surface area contributed by atoms with Gasteiger partial charge in [0.1, 0.15) is 33.6 Å². The minimum atomic E-state index is -5.79. The van der Waals surface area contributed by atoms with Gasteiger partial charge in [0.15, 0.2) is 11.5 Å². The van der Waals surface area contributed by atoms with Crippen LogP contribution in [0.1, 0.15) is 43.5 Å². The van der Waals surface area contributed by atoms with E-state index in [2.05, 4.69) is 30.4 Å². The van der Waals surface area contributed by atoms with E-state index in [1.165, 1.54) is 20.8 Å². The number of carboxylic acids is 1. The van der Waals surface area contributed by atoms with E-state index >= 15 is 0 Å². The molecule has 43 heavy (non-hydrogen) atoms. The fraction of sp³-hybridized carbons (Fsp3) is 0.400. The lowest BCUT2D eigenvalue weighted by Crippen LogP contribution is -2.37. The second-order valence-electron chi connectivity index (χ2n) is 10.8. The number of alkyl halides is 5. The van der Waals surface area contributed by atoms with Gasteiger partial charge in [0.25, 0.3) is 0 Å². The lowest BCUT2D eigenvalue weighted by Gasteiger charge is -2.20. The maximum Gasteiger partial charge on any atom is 0.453 e. The number of amides is 1. The highest BCUT2D eigenvalue weighted by Gasteiger charge is 2.57. The predicted octanol–water partition coefficient (Wildman–Crippen LogP) is 4.57. The van der Waals surface area contributed by atoms with Crippen molar-refractivity contribution in [2.45, 2.75) is 57.7 Å². The number of hydrogen-bond acceptors (Lipinski definition) is 9. The van der Waals surface area contributed by atoms with Crippen LogP contribution in [0.4, 0.5) is 38.0 Å². The van der Waals surface area contributed by atoms with Gasteiger partial charge in [0.05, 0.1) is 28.3 Å². The first-order valence-corrected chi connectivity index (χ1v) is 13.4. The maximum absolute atomic E-state index is 14.1. The highest BCUT2D eigenvalue weighted by Crippen LogP contribution is 2.46. The minimum absolute atomic E-state index is 0.0479. The number of aliphatic carboxylic acids is 1. The number of carbonyl (C=O) groups is 2. The molecule has 228 valence electrons. The number of anilines is 2. The van der Waals surface area contributed by atoms with Gasteiger partial charge in [-0.2, -0.15) is 27.1 Å². The molecule has 0 radical (unpaired) electrons. The average Bonchev–Trinajstić information content (AvgIpc) is 3.57. The predicted molar refractivity (Wildman–Crippen MR) is 141 cm³/mol. The number of carboxylic acid groups (broad SMARTS) is 1. The zero-order chi connectivity index (χ0) is 31.7. The van der Waals surface area contributed by atoms with Crippen LogP contribution < -0.4 is 11.1 Å². The molecule has 4 aromatic heterocycles. The van der Waals surface area contributed by atoms with Crippen LogP contribution in [0.3, 0.4) is 0 Å². The standard InChI is InChI=1S/C25H22F6N8O3S/c1-22(2,21(41)42)7-11-9-43-20(34-11)23(3)13-15(32)35-17(36-16(13)37-19(23)40)14-12-6-10(26)8-33-18(12)39(38-14)5-4-24(27,28)25(29,30)31/h6,8-9H,4-5,7H2,1-3H3,(H,41,42)(H3,32,35,36,37,40). The van der Waals surface area contributed by atoms with Crippen molar-refractivity contribution in [1.82, 2.24) is 29.7 Å². The van der Waals surface area contributed by atoms with E-state index in [0.717, 1.165) is 28.3 Å². The number of thiazole rings is 1. The number of carbonyl (C=O) groups excluding carboxylic acids is 1. The Morgan fingerprint density at radius 2 is 1.88 bits per heavy atom. The maximum atomic E-state index is 14.1. The Balaban J connectivity index is 1.55.